The second-order valence-corrected chi connectivity index (χ2v) is 8.02. The van der Waals surface area contributed by atoms with Crippen LogP contribution in [0, 0.1) is 12.8 Å². The number of nitrogens with zero attached hydrogens (tertiary/aromatic N) is 2. The van der Waals surface area contributed by atoms with Crippen LogP contribution in [-0.2, 0) is 10.0 Å². The predicted molar refractivity (Wildman–Crippen MR) is 73.9 cm³/mol. The molecular weight excluding hydrogens is 286 g/mol. The average molecular weight is 303 g/mol. The lowest BCUT2D eigenvalue weighted by molar-refractivity contribution is 0.291. The molecule has 1 aromatic heterocycles. The largest absolute Gasteiger partial charge is 0.409 e. The molecule has 6 nitrogen and oxygen atoms in total. The first-order chi connectivity index (χ1) is 8.95. The van der Waals surface area contributed by atoms with Crippen LogP contribution in [-0.4, -0.2) is 36.9 Å². The average Bonchev–Trinajstić information content (AvgIpc) is 2.85. The summed E-state index contributed by atoms with van der Waals surface area (Å²) in [5, 5.41) is 11.6. The Kier molecular flexibility index (Phi) is 4.12. The van der Waals surface area contributed by atoms with Crippen molar-refractivity contribution < 1.29 is 13.6 Å². The van der Waals surface area contributed by atoms with Gasteiger partial charge in [0.25, 0.3) is 10.0 Å². The van der Waals surface area contributed by atoms with E-state index in [1.54, 1.807) is 12.1 Å². The van der Waals surface area contributed by atoms with Crippen molar-refractivity contribution >= 4 is 27.2 Å². The highest BCUT2D eigenvalue weighted by molar-refractivity contribution is 7.91. The molecule has 1 saturated heterocycles. The van der Waals surface area contributed by atoms with E-state index in [0.29, 0.717) is 30.1 Å². The van der Waals surface area contributed by atoms with Crippen LogP contribution in [0.25, 0.3) is 0 Å². The third kappa shape index (κ3) is 2.90. The molecule has 0 aromatic carbocycles. The molecule has 1 fully saturated rings. The number of sulfonamides is 1. The van der Waals surface area contributed by atoms with Crippen molar-refractivity contribution in [1.82, 2.24) is 4.31 Å². The third-order valence-electron chi connectivity index (χ3n) is 3.30. The van der Waals surface area contributed by atoms with Crippen LogP contribution in [0.5, 0.6) is 0 Å². The number of thiophene rings is 1. The minimum absolute atomic E-state index is 0.0403. The number of hydrogen-bond acceptors (Lipinski definition) is 5. The Hall–Kier alpha value is -1.12. The number of amidine groups is 1. The Balaban J connectivity index is 2.09. The third-order valence-corrected chi connectivity index (χ3v) is 6.66. The fraction of sp³-hybridized carbons (Fsp3) is 0.545. The highest BCUT2D eigenvalue weighted by Gasteiger charge is 2.31. The zero-order valence-corrected chi connectivity index (χ0v) is 12.2. The molecule has 8 heteroatoms. The molecular formula is C11H17N3O3S2. The summed E-state index contributed by atoms with van der Waals surface area (Å²) in [6.45, 7) is 2.69. The van der Waals surface area contributed by atoms with Gasteiger partial charge in [0.05, 0.1) is 0 Å². The lowest BCUT2D eigenvalue weighted by Gasteiger charge is -2.30. The lowest BCUT2D eigenvalue weighted by atomic mass is 9.97. The molecule has 0 bridgehead atoms. The van der Waals surface area contributed by atoms with E-state index in [0.717, 1.165) is 4.88 Å². The summed E-state index contributed by atoms with van der Waals surface area (Å²) in [5.74, 6) is 0.144. The maximum Gasteiger partial charge on any atom is 0.252 e. The standard InChI is InChI=1S/C11H17N3O3S2/c1-8-2-3-10(18-8)19(16,17)14-6-4-9(5-7-14)11(12)13-15/h2-3,9,15H,4-7H2,1H3,(H2,12,13). The van der Waals surface area contributed by atoms with Gasteiger partial charge in [0.15, 0.2) is 0 Å². The van der Waals surface area contributed by atoms with Crippen molar-refractivity contribution in [2.75, 3.05) is 13.1 Å². The Morgan fingerprint density at radius 1 is 1.47 bits per heavy atom. The Morgan fingerprint density at radius 2 is 2.11 bits per heavy atom. The van der Waals surface area contributed by atoms with Crippen molar-refractivity contribution in [3.05, 3.63) is 17.0 Å². The van der Waals surface area contributed by atoms with Gasteiger partial charge in [-0.05, 0) is 31.9 Å². The number of nitrogens with two attached hydrogens (primary N) is 1. The molecule has 3 N–H and O–H groups in total. The molecule has 1 aromatic rings. The van der Waals surface area contributed by atoms with Crippen molar-refractivity contribution in [3.8, 4) is 0 Å². The van der Waals surface area contributed by atoms with Crippen LogP contribution in [0.3, 0.4) is 0 Å². The monoisotopic (exact) mass is 303 g/mol. The van der Waals surface area contributed by atoms with Crippen molar-refractivity contribution in [3.63, 3.8) is 0 Å². The van der Waals surface area contributed by atoms with Crippen LogP contribution in [0.1, 0.15) is 17.7 Å². The Bertz CT molecular complexity index is 572. The van der Waals surface area contributed by atoms with Crippen molar-refractivity contribution in [2.45, 2.75) is 24.0 Å². The molecule has 2 rings (SSSR count). The molecule has 19 heavy (non-hydrogen) atoms. The van der Waals surface area contributed by atoms with Gasteiger partial charge in [0, 0.05) is 23.9 Å². The van der Waals surface area contributed by atoms with Gasteiger partial charge < -0.3 is 10.9 Å². The molecule has 0 atom stereocenters. The van der Waals surface area contributed by atoms with E-state index in [9.17, 15) is 8.42 Å². The molecule has 106 valence electrons. The van der Waals surface area contributed by atoms with Crippen molar-refractivity contribution in [2.24, 2.45) is 16.8 Å². The summed E-state index contributed by atoms with van der Waals surface area (Å²) < 4.78 is 26.6. The van der Waals surface area contributed by atoms with Gasteiger partial charge in [0.1, 0.15) is 10.0 Å². The second kappa shape index (κ2) is 5.48. The van der Waals surface area contributed by atoms with Gasteiger partial charge in [-0.25, -0.2) is 8.42 Å². The van der Waals surface area contributed by atoms with Gasteiger partial charge in [-0.2, -0.15) is 4.31 Å². The van der Waals surface area contributed by atoms with Gasteiger partial charge in [-0.3, -0.25) is 0 Å². The Labute approximate surface area is 116 Å². The molecule has 0 amide bonds. The molecule has 2 heterocycles. The van der Waals surface area contributed by atoms with E-state index in [1.807, 2.05) is 6.92 Å². The van der Waals surface area contributed by atoms with Crippen LogP contribution >= 0.6 is 11.3 Å². The number of oxime groups is 1. The lowest BCUT2D eigenvalue weighted by Crippen LogP contribution is -2.41. The second-order valence-electron chi connectivity index (χ2n) is 4.57. The summed E-state index contributed by atoms with van der Waals surface area (Å²) in [6, 6.07) is 3.45. The summed E-state index contributed by atoms with van der Waals surface area (Å²) in [5.41, 5.74) is 5.55. The van der Waals surface area contributed by atoms with E-state index in [2.05, 4.69) is 5.16 Å². The van der Waals surface area contributed by atoms with E-state index >= 15 is 0 Å². The maximum atomic E-state index is 12.4. The molecule has 0 unspecified atom stereocenters. The summed E-state index contributed by atoms with van der Waals surface area (Å²) in [6.07, 6.45) is 1.17. The molecule has 0 radical (unpaired) electrons. The van der Waals surface area contributed by atoms with Crippen molar-refractivity contribution in [1.29, 1.82) is 0 Å². The predicted octanol–water partition coefficient (Wildman–Crippen LogP) is 1.20. The minimum Gasteiger partial charge on any atom is -0.409 e. The fourth-order valence-electron chi connectivity index (χ4n) is 2.15. The van der Waals surface area contributed by atoms with Crippen LogP contribution in [0.15, 0.2) is 21.5 Å². The first kappa shape index (κ1) is 14.3. The smallest absolute Gasteiger partial charge is 0.252 e. The number of hydrogen-bond donors (Lipinski definition) is 2. The van der Waals surface area contributed by atoms with E-state index in [1.165, 1.54) is 15.6 Å². The first-order valence-electron chi connectivity index (χ1n) is 5.99. The Morgan fingerprint density at radius 3 is 2.58 bits per heavy atom. The fourth-order valence-corrected chi connectivity index (χ4v) is 5.06. The van der Waals surface area contributed by atoms with Gasteiger partial charge in [-0.15, -0.1) is 11.3 Å². The van der Waals surface area contributed by atoms with Gasteiger partial charge in [-0.1, -0.05) is 5.16 Å². The van der Waals surface area contributed by atoms with E-state index in [-0.39, 0.29) is 11.8 Å². The number of piperidine rings is 1. The topological polar surface area (TPSA) is 96.0 Å². The van der Waals surface area contributed by atoms with Crippen LogP contribution in [0.2, 0.25) is 0 Å². The van der Waals surface area contributed by atoms with E-state index < -0.39 is 10.0 Å². The first-order valence-corrected chi connectivity index (χ1v) is 8.25. The number of aryl methyl sites for hydroxylation is 1. The SMILES string of the molecule is Cc1ccc(S(=O)(=O)N2CCC(C(N)=NO)CC2)s1. The molecule has 0 aliphatic carbocycles. The molecule has 1 aliphatic rings. The summed E-state index contributed by atoms with van der Waals surface area (Å²) in [4.78, 5) is 0.977. The highest BCUT2D eigenvalue weighted by atomic mass is 32.2. The van der Waals surface area contributed by atoms with Crippen LogP contribution < -0.4 is 5.73 Å². The molecule has 0 saturated carbocycles. The normalized spacial score (nSPS) is 19.7. The van der Waals surface area contributed by atoms with Gasteiger partial charge in [0.2, 0.25) is 0 Å². The highest BCUT2D eigenvalue weighted by Crippen LogP contribution is 2.28. The zero-order valence-electron chi connectivity index (χ0n) is 10.6. The van der Waals surface area contributed by atoms with E-state index in [4.69, 9.17) is 10.9 Å². The quantitative estimate of drug-likeness (QED) is 0.379. The van der Waals surface area contributed by atoms with Crippen LogP contribution in [0.4, 0.5) is 0 Å². The maximum absolute atomic E-state index is 12.4. The molecule has 0 spiro atoms. The zero-order chi connectivity index (χ0) is 14.0. The summed E-state index contributed by atoms with van der Waals surface area (Å²) in [7, 11) is -3.39. The number of rotatable bonds is 3. The van der Waals surface area contributed by atoms with Gasteiger partial charge >= 0.3 is 0 Å². The summed E-state index contributed by atoms with van der Waals surface area (Å²) >= 11 is 1.28. The molecule has 1 aliphatic heterocycles. The minimum atomic E-state index is -3.39.